The van der Waals surface area contributed by atoms with Gasteiger partial charge in [-0.3, -0.25) is 19.6 Å². The zero-order valence-electron chi connectivity index (χ0n) is 10.9. The fraction of sp³-hybridized carbons (Fsp3) is 0.357. The highest BCUT2D eigenvalue weighted by Crippen LogP contribution is 2.30. The van der Waals surface area contributed by atoms with Crippen molar-refractivity contribution in [3.05, 3.63) is 29.5 Å². The van der Waals surface area contributed by atoms with E-state index in [1.165, 1.54) is 0 Å². The number of nitrogens with one attached hydrogen (secondary N) is 1. The molecule has 1 N–H and O–H groups in total. The van der Waals surface area contributed by atoms with E-state index in [9.17, 15) is 9.59 Å². The Kier molecular flexibility index (Phi) is 2.62. The number of aromatic nitrogens is 2. The van der Waals surface area contributed by atoms with Gasteiger partial charge in [0.2, 0.25) is 11.8 Å². The number of aryl methyl sites for hydroxylation is 2. The molecule has 0 aliphatic carbocycles. The van der Waals surface area contributed by atoms with E-state index in [0.717, 1.165) is 22.2 Å². The molecule has 19 heavy (non-hydrogen) atoms. The molecular formula is C14H15N3O2. The van der Waals surface area contributed by atoms with Crippen molar-refractivity contribution in [2.45, 2.75) is 25.7 Å². The summed E-state index contributed by atoms with van der Waals surface area (Å²) in [5.74, 6) is -0.765. The Morgan fingerprint density at radius 1 is 1.37 bits per heavy atom. The SMILES string of the molecule is Cc1ccc2c([C@@H]3CCC(=O)NC3=O)nn(C)c2c1. The molecule has 1 fully saturated rings. The lowest BCUT2D eigenvalue weighted by molar-refractivity contribution is -0.134. The Morgan fingerprint density at radius 2 is 2.16 bits per heavy atom. The molecule has 0 saturated carbocycles. The van der Waals surface area contributed by atoms with Gasteiger partial charge in [0.1, 0.15) is 0 Å². The maximum absolute atomic E-state index is 11.9. The second-order valence-electron chi connectivity index (χ2n) is 5.03. The number of nitrogens with zero attached hydrogens (tertiary/aromatic N) is 2. The first kappa shape index (κ1) is 11.9. The number of piperidine rings is 1. The van der Waals surface area contributed by atoms with Crippen molar-refractivity contribution >= 4 is 22.7 Å². The standard InChI is InChI=1S/C14H15N3O2/c1-8-3-4-9-11(7-8)17(2)16-13(9)10-5-6-12(18)15-14(10)19/h3-4,7,10H,5-6H2,1-2H3,(H,15,18,19)/t10-/m0/s1. The minimum atomic E-state index is -0.330. The Hall–Kier alpha value is -2.17. The summed E-state index contributed by atoms with van der Waals surface area (Å²) in [6, 6.07) is 6.06. The maximum atomic E-state index is 11.9. The lowest BCUT2D eigenvalue weighted by Crippen LogP contribution is -2.39. The van der Waals surface area contributed by atoms with E-state index in [1.807, 2.05) is 26.1 Å². The van der Waals surface area contributed by atoms with Gasteiger partial charge in [-0.15, -0.1) is 0 Å². The van der Waals surface area contributed by atoms with E-state index < -0.39 is 0 Å². The first-order valence-electron chi connectivity index (χ1n) is 6.33. The van der Waals surface area contributed by atoms with Gasteiger partial charge in [0, 0.05) is 18.9 Å². The largest absolute Gasteiger partial charge is 0.296 e. The molecule has 0 unspecified atom stereocenters. The van der Waals surface area contributed by atoms with Gasteiger partial charge in [0.15, 0.2) is 0 Å². The lowest BCUT2D eigenvalue weighted by atomic mass is 9.92. The number of carbonyl (C=O) groups excluding carboxylic acids is 2. The van der Waals surface area contributed by atoms with Crippen LogP contribution in [0.25, 0.3) is 10.9 Å². The lowest BCUT2D eigenvalue weighted by Gasteiger charge is -2.19. The first-order chi connectivity index (χ1) is 9.06. The fourth-order valence-electron chi connectivity index (χ4n) is 2.61. The zero-order chi connectivity index (χ0) is 13.6. The summed E-state index contributed by atoms with van der Waals surface area (Å²) < 4.78 is 1.79. The summed E-state index contributed by atoms with van der Waals surface area (Å²) in [7, 11) is 1.87. The molecule has 1 aromatic carbocycles. The van der Waals surface area contributed by atoms with Crippen molar-refractivity contribution in [3.8, 4) is 0 Å². The van der Waals surface area contributed by atoms with Crippen molar-refractivity contribution in [1.29, 1.82) is 0 Å². The number of rotatable bonds is 1. The monoisotopic (exact) mass is 257 g/mol. The maximum Gasteiger partial charge on any atom is 0.235 e. The summed E-state index contributed by atoms with van der Waals surface area (Å²) >= 11 is 0. The minimum Gasteiger partial charge on any atom is -0.296 e. The molecule has 5 heteroatoms. The van der Waals surface area contributed by atoms with E-state index >= 15 is 0 Å². The third-order valence-electron chi connectivity index (χ3n) is 3.60. The molecule has 1 saturated heterocycles. The van der Waals surface area contributed by atoms with Crippen LogP contribution in [-0.4, -0.2) is 21.6 Å². The van der Waals surface area contributed by atoms with Gasteiger partial charge in [0.25, 0.3) is 0 Å². The Balaban J connectivity index is 2.10. The van der Waals surface area contributed by atoms with Crippen LogP contribution in [0.1, 0.15) is 30.0 Å². The van der Waals surface area contributed by atoms with Gasteiger partial charge in [-0.1, -0.05) is 12.1 Å². The average Bonchev–Trinajstić information content (AvgIpc) is 2.66. The van der Waals surface area contributed by atoms with E-state index in [0.29, 0.717) is 12.8 Å². The Bertz CT molecular complexity index is 687. The van der Waals surface area contributed by atoms with Gasteiger partial charge in [-0.05, 0) is 25.0 Å². The van der Waals surface area contributed by atoms with E-state index in [2.05, 4.69) is 16.5 Å². The van der Waals surface area contributed by atoms with Crippen LogP contribution in [-0.2, 0) is 16.6 Å². The first-order valence-corrected chi connectivity index (χ1v) is 6.33. The third kappa shape index (κ3) is 1.91. The predicted octanol–water partition coefficient (Wildman–Crippen LogP) is 1.40. The fourth-order valence-corrected chi connectivity index (χ4v) is 2.61. The molecule has 0 bridgehead atoms. The molecule has 5 nitrogen and oxygen atoms in total. The van der Waals surface area contributed by atoms with Gasteiger partial charge < -0.3 is 0 Å². The highest BCUT2D eigenvalue weighted by Gasteiger charge is 2.31. The van der Waals surface area contributed by atoms with Crippen LogP contribution in [0.2, 0.25) is 0 Å². The quantitative estimate of drug-likeness (QED) is 0.785. The number of carbonyl (C=O) groups is 2. The van der Waals surface area contributed by atoms with Gasteiger partial charge in [-0.25, -0.2) is 0 Å². The summed E-state index contributed by atoms with van der Waals surface area (Å²) in [6.45, 7) is 2.03. The number of hydrogen-bond donors (Lipinski definition) is 1. The van der Waals surface area contributed by atoms with Crippen LogP contribution in [0, 0.1) is 6.92 Å². The summed E-state index contributed by atoms with van der Waals surface area (Å²) in [5.41, 5.74) is 2.94. The number of fused-ring (bicyclic) bond motifs is 1. The third-order valence-corrected chi connectivity index (χ3v) is 3.60. The topological polar surface area (TPSA) is 64.0 Å². The molecule has 1 aliphatic rings. The molecule has 0 radical (unpaired) electrons. The molecule has 2 amide bonds. The Labute approximate surface area is 110 Å². The summed E-state index contributed by atoms with van der Waals surface area (Å²) in [6.07, 6.45) is 0.908. The van der Waals surface area contributed by atoms with Crippen LogP contribution in [0.15, 0.2) is 18.2 Å². The zero-order valence-corrected chi connectivity index (χ0v) is 10.9. The summed E-state index contributed by atoms with van der Waals surface area (Å²) in [5, 5.41) is 7.85. The normalized spacial score (nSPS) is 19.8. The number of imide groups is 1. The van der Waals surface area contributed by atoms with Crippen molar-refractivity contribution in [2.75, 3.05) is 0 Å². The van der Waals surface area contributed by atoms with Crippen LogP contribution in [0.5, 0.6) is 0 Å². The second kappa shape index (κ2) is 4.19. The van der Waals surface area contributed by atoms with Gasteiger partial charge in [-0.2, -0.15) is 5.10 Å². The number of benzene rings is 1. The van der Waals surface area contributed by atoms with Gasteiger partial charge >= 0.3 is 0 Å². The van der Waals surface area contributed by atoms with Crippen molar-refractivity contribution < 1.29 is 9.59 Å². The van der Waals surface area contributed by atoms with Gasteiger partial charge in [0.05, 0.1) is 17.1 Å². The molecular weight excluding hydrogens is 242 g/mol. The minimum absolute atomic E-state index is 0.197. The van der Waals surface area contributed by atoms with Crippen molar-refractivity contribution in [1.82, 2.24) is 15.1 Å². The van der Waals surface area contributed by atoms with E-state index in [4.69, 9.17) is 0 Å². The molecule has 2 heterocycles. The number of hydrogen-bond acceptors (Lipinski definition) is 3. The number of amides is 2. The van der Waals surface area contributed by atoms with E-state index in [1.54, 1.807) is 4.68 Å². The second-order valence-corrected chi connectivity index (χ2v) is 5.03. The van der Waals surface area contributed by atoms with Crippen LogP contribution < -0.4 is 5.32 Å². The predicted molar refractivity (Wildman–Crippen MR) is 70.6 cm³/mol. The molecule has 98 valence electrons. The molecule has 3 rings (SSSR count). The van der Waals surface area contributed by atoms with Crippen LogP contribution >= 0.6 is 0 Å². The Morgan fingerprint density at radius 3 is 2.89 bits per heavy atom. The molecule has 1 atom stereocenters. The summed E-state index contributed by atoms with van der Waals surface area (Å²) in [4.78, 5) is 23.2. The van der Waals surface area contributed by atoms with Crippen LogP contribution in [0.4, 0.5) is 0 Å². The highest BCUT2D eigenvalue weighted by atomic mass is 16.2. The molecule has 2 aromatic rings. The molecule has 0 spiro atoms. The average molecular weight is 257 g/mol. The molecule has 1 aromatic heterocycles. The highest BCUT2D eigenvalue weighted by molar-refractivity contribution is 6.02. The van der Waals surface area contributed by atoms with Crippen LogP contribution in [0.3, 0.4) is 0 Å². The van der Waals surface area contributed by atoms with Crippen molar-refractivity contribution in [3.63, 3.8) is 0 Å². The molecule has 1 aliphatic heterocycles. The van der Waals surface area contributed by atoms with Crippen molar-refractivity contribution in [2.24, 2.45) is 7.05 Å². The van der Waals surface area contributed by atoms with E-state index in [-0.39, 0.29) is 17.7 Å². The smallest absolute Gasteiger partial charge is 0.235 e.